The van der Waals surface area contributed by atoms with Gasteiger partial charge in [0.1, 0.15) is 5.69 Å². The molecule has 1 atom stereocenters. The zero-order valence-electron chi connectivity index (χ0n) is 13.6. The van der Waals surface area contributed by atoms with E-state index >= 15 is 0 Å². The number of benzene rings is 1. The molecular formula is C17H23N3O3. The van der Waals surface area contributed by atoms with Crippen LogP contribution in [0.4, 0.5) is 11.4 Å². The molecule has 1 saturated heterocycles. The maximum atomic E-state index is 12.7. The van der Waals surface area contributed by atoms with E-state index in [-0.39, 0.29) is 5.69 Å². The fourth-order valence-corrected chi connectivity index (χ4v) is 3.46. The highest BCUT2D eigenvalue weighted by atomic mass is 16.8. The van der Waals surface area contributed by atoms with Gasteiger partial charge in [-0.3, -0.25) is 4.79 Å². The van der Waals surface area contributed by atoms with Crippen LogP contribution in [0.15, 0.2) is 29.1 Å². The number of anilines is 1. The number of nitrogens with zero attached hydrogens (tertiary/aromatic N) is 2. The lowest BCUT2D eigenvalue weighted by Gasteiger charge is -2.34. The van der Waals surface area contributed by atoms with Gasteiger partial charge in [0.05, 0.1) is 5.52 Å². The predicted molar refractivity (Wildman–Crippen MR) is 90.3 cm³/mol. The number of pyridine rings is 1. The van der Waals surface area contributed by atoms with E-state index in [1.54, 1.807) is 4.57 Å². The van der Waals surface area contributed by atoms with Crippen molar-refractivity contribution in [1.29, 1.82) is 0 Å². The van der Waals surface area contributed by atoms with Crippen molar-refractivity contribution in [1.82, 2.24) is 4.57 Å². The average molecular weight is 317 g/mol. The van der Waals surface area contributed by atoms with Crippen LogP contribution in [0.2, 0.25) is 0 Å². The second-order valence-corrected chi connectivity index (χ2v) is 6.26. The van der Waals surface area contributed by atoms with Crippen molar-refractivity contribution in [2.75, 3.05) is 18.0 Å². The zero-order chi connectivity index (χ0) is 16.6. The molecule has 124 valence electrons. The first-order valence-corrected chi connectivity index (χ1v) is 8.18. The molecule has 1 aromatic heterocycles. The quantitative estimate of drug-likeness (QED) is 0.845. The number of aryl methyl sites for hydroxylation is 1. The van der Waals surface area contributed by atoms with Crippen molar-refractivity contribution in [3.63, 3.8) is 0 Å². The van der Waals surface area contributed by atoms with Crippen LogP contribution in [-0.4, -0.2) is 22.9 Å². The zero-order valence-corrected chi connectivity index (χ0v) is 13.6. The first-order valence-electron chi connectivity index (χ1n) is 8.18. The molecule has 2 heterocycles. The summed E-state index contributed by atoms with van der Waals surface area (Å²) in [6, 6.07) is 7.59. The van der Waals surface area contributed by atoms with E-state index in [0.29, 0.717) is 18.2 Å². The van der Waals surface area contributed by atoms with Gasteiger partial charge in [-0.2, -0.15) is 5.23 Å². The third-order valence-corrected chi connectivity index (χ3v) is 4.78. The molecule has 1 aliphatic heterocycles. The number of hydrogen-bond donors (Lipinski definition) is 2. The van der Waals surface area contributed by atoms with Crippen LogP contribution in [-0.2, 0) is 6.54 Å². The molecule has 1 unspecified atom stereocenters. The third kappa shape index (κ3) is 2.73. The van der Waals surface area contributed by atoms with Gasteiger partial charge in [0.2, 0.25) is 0 Å². The summed E-state index contributed by atoms with van der Waals surface area (Å²) < 4.78 is 1.55. The van der Waals surface area contributed by atoms with E-state index in [1.165, 1.54) is 0 Å². The highest BCUT2D eigenvalue weighted by Gasteiger charge is 2.27. The van der Waals surface area contributed by atoms with E-state index in [2.05, 4.69) is 11.8 Å². The predicted octanol–water partition coefficient (Wildman–Crippen LogP) is 1.66. The van der Waals surface area contributed by atoms with Crippen molar-refractivity contribution < 1.29 is 10.4 Å². The molecular weight excluding hydrogens is 294 g/mol. The van der Waals surface area contributed by atoms with Crippen LogP contribution in [0.5, 0.6) is 0 Å². The van der Waals surface area contributed by atoms with Gasteiger partial charge in [0.15, 0.2) is 0 Å². The summed E-state index contributed by atoms with van der Waals surface area (Å²) in [5.74, 6) is 0.641. The first kappa shape index (κ1) is 16.0. The largest absolute Gasteiger partial charge is 0.595 e. The Bertz CT molecular complexity index is 762. The van der Waals surface area contributed by atoms with Gasteiger partial charge < -0.3 is 14.7 Å². The second-order valence-electron chi connectivity index (χ2n) is 6.26. The van der Waals surface area contributed by atoms with Gasteiger partial charge in [-0.25, -0.2) is 5.21 Å². The summed E-state index contributed by atoms with van der Waals surface area (Å²) >= 11 is 0. The number of piperidine rings is 1. The Labute approximate surface area is 135 Å². The van der Waals surface area contributed by atoms with Crippen molar-refractivity contribution in [2.45, 2.75) is 33.2 Å². The van der Waals surface area contributed by atoms with Crippen molar-refractivity contribution in [3.8, 4) is 0 Å². The van der Waals surface area contributed by atoms with Crippen molar-refractivity contribution in [3.05, 3.63) is 39.8 Å². The number of aromatic nitrogens is 1. The molecule has 2 aromatic rings. The smallest absolute Gasteiger partial charge is 0.318 e. The molecule has 6 nitrogen and oxygen atoms in total. The lowest BCUT2D eigenvalue weighted by Crippen LogP contribution is -3.00. The van der Waals surface area contributed by atoms with E-state index in [4.69, 9.17) is 0 Å². The standard InChI is InChI=1S/C17H23N3O3/c1-3-19-14-7-5-4-6-13(14)15(16(17(19)21)20(22)23)18-10-8-12(2)9-11-18/h4-7,12,20,22H,3,8-11H2,1-2H3. The molecule has 1 aliphatic rings. The summed E-state index contributed by atoms with van der Waals surface area (Å²) in [6.45, 7) is 6.11. The molecule has 2 N–H and O–H groups in total. The Morgan fingerprint density at radius 3 is 2.57 bits per heavy atom. The monoisotopic (exact) mass is 317 g/mol. The maximum absolute atomic E-state index is 12.7. The first-order chi connectivity index (χ1) is 11.0. The Morgan fingerprint density at radius 1 is 1.30 bits per heavy atom. The van der Waals surface area contributed by atoms with Crippen LogP contribution < -0.4 is 15.7 Å². The van der Waals surface area contributed by atoms with Gasteiger partial charge >= 0.3 is 5.56 Å². The fraction of sp³-hybridized carbons (Fsp3) is 0.471. The SMILES string of the molecule is CCn1c(=O)c([NH+]([O-])O)c(N2CCC(C)CC2)c2ccccc21. The summed E-state index contributed by atoms with van der Waals surface area (Å²) in [5, 5.41) is 21.2. The highest BCUT2D eigenvalue weighted by Crippen LogP contribution is 2.33. The van der Waals surface area contributed by atoms with E-state index in [9.17, 15) is 15.2 Å². The number of nitrogens with one attached hydrogen (secondary N) is 1. The van der Waals surface area contributed by atoms with Crippen molar-refractivity contribution in [2.24, 2.45) is 5.92 Å². The Morgan fingerprint density at radius 2 is 1.96 bits per heavy atom. The Kier molecular flexibility index (Phi) is 4.39. The number of hydrogen-bond acceptors (Lipinski definition) is 4. The van der Waals surface area contributed by atoms with Gasteiger partial charge in [-0.1, -0.05) is 25.1 Å². The molecule has 0 bridgehead atoms. The van der Waals surface area contributed by atoms with E-state index in [1.807, 2.05) is 31.2 Å². The van der Waals surface area contributed by atoms with E-state index in [0.717, 1.165) is 36.8 Å². The molecule has 6 heteroatoms. The minimum absolute atomic E-state index is 0.0971. The topological polar surface area (TPSA) is 73.0 Å². The van der Waals surface area contributed by atoms with Crippen LogP contribution >= 0.6 is 0 Å². The number of quaternary nitrogens is 1. The molecule has 1 fully saturated rings. The summed E-state index contributed by atoms with van der Waals surface area (Å²) in [4.78, 5) is 14.8. The summed E-state index contributed by atoms with van der Waals surface area (Å²) in [6.07, 6.45) is 2.04. The summed E-state index contributed by atoms with van der Waals surface area (Å²) in [7, 11) is 0. The van der Waals surface area contributed by atoms with Crippen LogP contribution in [0.1, 0.15) is 26.7 Å². The van der Waals surface area contributed by atoms with E-state index < -0.39 is 10.8 Å². The fourth-order valence-electron chi connectivity index (χ4n) is 3.46. The molecule has 0 amide bonds. The highest BCUT2D eigenvalue weighted by molar-refractivity contribution is 5.96. The molecule has 0 spiro atoms. The minimum Gasteiger partial charge on any atom is -0.595 e. The molecule has 0 saturated carbocycles. The molecule has 0 aliphatic carbocycles. The molecule has 3 rings (SSSR count). The average Bonchev–Trinajstić information content (AvgIpc) is 2.54. The number of rotatable bonds is 3. The van der Waals surface area contributed by atoms with Gasteiger partial charge in [-0.05, 0) is 31.7 Å². The lowest BCUT2D eigenvalue weighted by molar-refractivity contribution is -0.991. The molecule has 0 radical (unpaired) electrons. The van der Waals surface area contributed by atoms with Crippen molar-refractivity contribution >= 4 is 22.3 Å². The normalized spacial score (nSPS) is 17.7. The molecule has 23 heavy (non-hydrogen) atoms. The maximum Gasteiger partial charge on any atom is 0.318 e. The number of para-hydroxylation sites is 1. The summed E-state index contributed by atoms with van der Waals surface area (Å²) in [5.41, 5.74) is 0.890. The Hall–Kier alpha value is -1.89. The van der Waals surface area contributed by atoms with Crippen LogP contribution in [0.25, 0.3) is 10.9 Å². The van der Waals surface area contributed by atoms with Gasteiger partial charge in [0.25, 0.3) is 5.69 Å². The van der Waals surface area contributed by atoms with Gasteiger partial charge in [-0.15, -0.1) is 0 Å². The second kappa shape index (κ2) is 6.31. The van der Waals surface area contributed by atoms with Crippen LogP contribution in [0, 0.1) is 11.1 Å². The van der Waals surface area contributed by atoms with Gasteiger partial charge in [0, 0.05) is 25.0 Å². The third-order valence-electron chi connectivity index (χ3n) is 4.78. The van der Waals surface area contributed by atoms with Crippen LogP contribution in [0.3, 0.4) is 0 Å². The molecule has 1 aromatic carbocycles. The number of fused-ring (bicyclic) bond motifs is 1. The Balaban J connectivity index is 2.30. The lowest BCUT2D eigenvalue weighted by atomic mass is 9.98. The minimum atomic E-state index is -1.14.